The molecule has 0 radical (unpaired) electrons. The third-order valence-electron chi connectivity index (χ3n) is 3.25. The standard InChI is InChI=1S/C12H16BrN5/c13-10-9-15-12-4-3-11(16-18(10)12)14-5-8-17-6-1-2-7-17/h3-4,9H,1-2,5-8H2,(H,14,16). The van der Waals surface area contributed by atoms with E-state index in [1.54, 1.807) is 10.7 Å². The number of nitrogens with zero attached hydrogens (tertiary/aromatic N) is 4. The first-order chi connectivity index (χ1) is 8.83. The predicted molar refractivity (Wildman–Crippen MR) is 74.9 cm³/mol. The minimum atomic E-state index is 0.854. The van der Waals surface area contributed by atoms with Gasteiger partial charge in [-0.15, -0.1) is 5.10 Å². The fourth-order valence-corrected chi connectivity index (χ4v) is 2.65. The maximum Gasteiger partial charge on any atom is 0.154 e. The lowest BCUT2D eigenvalue weighted by Gasteiger charge is -2.14. The van der Waals surface area contributed by atoms with Crippen molar-refractivity contribution in [1.82, 2.24) is 19.5 Å². The van der Waals surface area contributed by atoms with E-state index in [0.717, 1.165) is 29.2 Å². The molecule has 96 valence electrons. The SMILES string of the molecule is Brc1cnc2ccc(NCCN3CCCC3)nn12. The van der Waals surface area contributed by atoms with E-state index in [4.69, 9.17) is 0 Å². The summed E-state index contributed by atoms with van der Waals surface area (Å²) >= 11 is 3.43. The second-order valence-electron chi connectivity index (χ2n) is 4.55. The Labute approximate surface area is 114 Å². The Bertz CT molecular complexity index is 532. The first-order valence-electron chi connectivity index (χ1n) is 6.29. The van der Waals surface area contributed by atoms with Crippen molar-refractivity contribution in [1.29, 1.82) is 0 Å². The topological polar surface area (TPSA) is 45.5 Å². The number of anilines is 1. The Kier molecular flexibility index (Phi) is 3.47. The summed E-state index contributed by atoms with van der Waals surface area (Å²) in [5.74, 6) is 0.889. The molecule has 1 aliphatic heterocycles. The molecule has 0 spiro atoms. The molecule has 2 aromatic heterocycles. The van der Waals surface area contributed by atoms with Gasteiger partial charge in [-0.2, -0.15) is 0 Å². The van der Waals surface area contributed by atoms with Gasteiger partial charge in [0.25, 0.3) is 0 Å². The Morgan fingerprint density at radius 1 is 1.28 bits per heavy atom. The summed E-state index contributed by atoms with van der Waals surface area (Å²) in [4.78, 5) is 6.71. The quantitative estimate of drug-likeness (QED) is 0.938. The number of rotatable bonds is 4. The number of hydrogen-bond acceptors (Lipinski definition) is 4. The molecule has 1 saturated heterocycles. The number of aromatic nitrogens is 3. The monoisotopic (exact) mass is 309 g/mol. The fourth-order valence-electron chi connectivity index (χ4n) is 2.29. The predicted octanol–water partition coefficient (Wildman–Crippen LogP) is 2.00. The van der Waals surface area contributed by atoms with Gasteiger partial charge >= 0.3 is 0 Å². The van der Waals surface area contributed by atoms with Gasteiger partial charge in [-0.05, 0) is 54.0 Å². The maximum absolute atomic E-state index is 4.48. The van der Waals surface area contributed by atoms with Gasteiger partial charge in [0.2, 0.25) is 0 Å². The smallest absolute Gasteiger partial charge is 0.154 e. The van der Waals surface area contributed by atoms with E-state index >= 15 is 0 Å². The third kappa shape index (κ3) is 2.49. The summed E-state index contributed by atoms with van der Waals surface area (Å²) in [7, 11) is 0. The molecule has 1 fully saturated rings. The van der Waals surface area contributed by atoms with E-state index in [-0.39, 0.29) is 0 Å². The lowest BCUT2D eigenvalue weighted by molar-refractivity contribution is 0.352. The van der Waals surface area contributed by atoms with Gasteiger partial charge in [-0.25, -0.2) is 9.50 Å². The second-order valence-corrected chi connectivity index (χ2v) is 5.36. The zero-order valence-corrected chi connectivity index (χ0v) is 11.7. The first kappa shape index (κ1) is 11.9. The molecule has 0 unspecified atom stereocenters. The average molecular weight is 310 g/mol. The zero-order valence-electron chi connectivity index (χ0n) is 10.1. The van der Waals surface area contributed by atoms with Gasteiger partial charge in [0.1, 0.15) is 10.4 Å². The number of nitrogens with one attached hydrogen (secondary N) is 1. The molecule has 0 bridgehead atoms. The lowest BCUT2D eigenvalue weighted by Crippen LogP contribution is -2.26. The van der Waals surface area contributed by atoms with Crippen LogP contribution in [0.15, 0.2) is 22.9 Å². The Morgan fingerprint density at radius 2 is 2.11 bits per heavy atom. The molecule has 3 heterocycles. The van der Waals surface area contributed by atoms with E-state index in [0.29, 0.717) is 0 Å². The molecular formula is C12H16BrN5. The van der Waals surface area contributed by atoms with Gasteiger partial charge in [-0.3, -0.25) is 0 Å². The van der Waals surface area contributed by atoms with Gasteiger partial charge in [0, 0.05) is 13.1 Å². The molecule has 0 saturated carbocycles. The van der Waals surface area contributed by atoms with Gasteiger partial charge in [-0.1, -0.05) is 0 Å². The van der Waals surface area contributed by atoms with E-state index in [1.165, 1.54) is 25.9 Å². The van der Waals surface area contributed by atoms with Crippen LogP contribution in [0, 0.1) is 0 Å². The molecule has 18 heavy (non-hydrogen) atoms. The van der Waals surface area contributed by atoms with Crippen molar-refractivity contribution in [3.05, 3.63) is 22.9 Å². The van der Waals surface area contributed by atoms with Gasteiger partial charge in [0.05, 0.1) is 6.20 Å². The highest BCUT2D eigenvalue weighted by molar-refractivity contribution is 9.10. The number of likely N-dealkylation sites (tertiary alicyclic amines) is 1. The largest absolute Gasteiger partial charge is 0.367 e. The fraction of sp³-hybridized carbons (Fsp3) is 0.500. The van der Waals surface area contributed by atoms with Crippen LogP contribution in [-0.4, -0.2) is 45.7 Å². The highest BCUT2D eigenvalue weighted by Gasteiger charge is 2.10. The highest BCUT2D eigenvalue weighted by atomic mass is 79.9. The molecule has 0 aromatic carbocycles. The van der Waals surface area contributed by atoms with Crippen molar-refractivity contribution in [3.63, 3.8) is 0 Å². The Balaban J connectivity index is 1.61. The summed E-state index contributed by atoms with van der Waals surface area (Å²) in [5, 5.41) is 7.84. The normalized spacial score (nSPS) is 16.5. The van der Waals surface area contributed by atoms with Crippen molar-refractivity contribution in [2.75, 3.05) is 31.5 Å². The summed E-state index contributed by atoms with van der Waals surface area (Å²) in [6.45, 7) is 4.50. The summed E-state index contributed by atoms with van der Waals surface area (Å²) in [5.41, 5.74) is 0.854. The van der Waals surface area contributed by atoms with Crippen LogP contribution in [0.4, 0.5) is 5.82 Å². The molecular weight excluding hydrogens is 294 g/mol. The van der Waals surface area contributed by atoms with Crippen LogP contribution in [0.5, 0.6) is 0 Å². The van der Waals surface area contributed by atoms with E-state index in [2.05, 4.69) is 36.2 Å². The van der Waals surface area contributed by atoms with Crippen molar-refractivity contribution >= 4 is 27.4 Å². The van der Waals surface area contributed by atoms with Crippen molar-refractivity contribution in [3.8, 4) is 0 Å². The number of hydrogen-bond donors (Lipinski definition) is 1. The van der Waals surface area contributed by atoms with Crippen LogP contribution in [0.3, 0.4) is 0 Å². The summed E-state index contributed by atoms with van der Waals surface area (Å²) < 4.78 is 2.67. The first-order valence-corrected chi connectivity index (χ1v) is 7.09. The van der Waals surface area contributed by atoms with Crippen molar-refractivity contribution in [2.24, 2.45) is 0 Å². The number of imidazole rings is 1. The van der Waals surface area contributed by atoms with Crippen LogP contribution in [0.1, 0.15) is 12.8 Å². The molecule has 1 N–H and O–H groups in total. The van der Waals surface area contributed by atoms with Crippen LogP contribution >= 0.6 is 15.9 Å². The molecule has 0 atom stereocenters. The second kappa shape index (κ2) is 5.24. The minimum absolute atomic E-state index is 0.854. The van der Waals surface area contributed by atoms with Crippen molar-refractivity contribution in [2.45, 2.75) is 12.8 Å². The molecule has 6 heteroatoms. The van der Waals surface area contributed by atoms with E-state index in [9.17, 15) is 0 Å². The van der Waals surface area contributed by atoms with Crippen LogP contribution < -0.4 is 5.32 Å². The number of halogens is 1. The molecule has 1 aliphatic rings. The van der Waals surface area contributed by atoms with Crippen LogP contribution in [0.2, 0.25) is 0 Å². The molecule has 5 nitrogen and oxygen atoms in total. The highest BCUT2D eigenvalue weighted by Crippen LogP contribution is 2.13. The third-order valence-corrected chi connectivity index (χ3v) is 3.79. The maximum atomic E-state index is 4.48. The molecule has 0 aliphatic carbocycles. The lowest BCUT2D eigenvalue weighted by atomic mass is 10.4. The molecule has 3 rings (SSSR count). The van der Waals surface area contributed by atoms with Gasteiger partial charge < -0.3 is 10.2 Å². The Hall–Kier alpha value is -1.14. The average Bonchev–Trinajstić information content (AvgIpc) is 3.01. The summed E-state index contributed by atoms with van der Waals surface area (Å²) in [6, 6.07) is 3.94. The summed E-state index contributed by atoms with van der Waals surface area (Å²) in [6.07, 6.45) is 4.44. The van der Waals surface area contributed by atoms with Crippen LogP contribution in [-0.2, 0) is 0 Å². The van der Waals surface area contributed by atoms with Crippen molar-refractivity contribution < 1.29 is 0 Å². The van der Waals surface area contributed by atoms with E-state index < -0.39 is 0 Å². The zero-order chi connectivity index (χ0) is 12.4. The number of fused-ring (bicyclic) bond motifs is 1. The minimum Gasteiger partial charge on any atom is -0.367 e. The van der Waals surface area contributed by atoms with E-state index in [1.807, 2.05) is 12.1 Å². The molecule has 2 aromatic rings. The molecule has 0 amide bonds. The van der Waals surface area contributed by atoms with Crippen LogP contribution in [0.25, 0.3) is 5.65 Å². The Morgan fingerprint density at radius 3 is 2.94 bits per heavy atom. The van der Waals surface area contributed by atoms with Gasteiger partial charge in [0.15, 0.2) is 5.65 Å².